The van der Waals surface area contributed by atoms with Gasteiger partial charge < -0.3 is 10.4 Å². The fraction of sp³-hybridized carbons (Fsp3) is 0.250. The maximum Gasteiger partial charge on any atom is 0.164 e. The largest absolute Gasteiger partial charge is 0.374 e. The van der Waals surface area contributed by atoms with Crippen molar-refractivity contribution < 1.29 is 9.50 Å². The highest BCUT2D eigenvalue weighted by Gasteiger charge is 2.06. The van der Waals surface area contributed by atoms with Gasteiger partial charge in [-0.2, -0.15) is 0 Å². The Balaban J connectivity index is 2.92. The summed E-state index contributed by atoms with van der Waals surface area (Å²) in [6, 6.07) is 4.56. The molecule has 1 unspecified atom stereocenters. The highest BCUT2D eigenvalue weighted by Crippen LogP contribution is 2.21. The molecule has 0 bridgehead atoms. The van der Waals surface area contributed by atoms with Gasteiger partial charge in [-0.15, -0.1) is 0 Å². The van der Waals surface area contributed by atoms with Crippen LogP contribution in [-0.2, 0) is 0 Å². The molecule has 1 atom stereocenters. The predicted octanol–water partition coefficient (Wildman–Crippen LogP) is 2.23. The third-order valence-electron chi connectivity index (χ3n) is 1.32. The molecule has 0 amide bonds. The van der Waals surface area contributed by atoms with E-state index in [2.05, 4.69) is 5.32 Å². The second kappa shape index (κ2) is 3.74. The highest BCUT2D eigenvalue weighted by molar-refractivity contribution is 6.31. The van der Waals surface area contributed by atoms with Crippen molar-refractivity contribution in [1.29, 1.82) is 0 Å². The number of anilines is 1. The van der Waals surface area contributed by atoms with Gasteiger partial charge in [0.05, 0.1) is 10.7 Å². The fourth-order valence-electron chi connectivity index (χ4n) is 0.840. The summed E-state index contributed by atoms with van der Waals surface area (Å²) in [6.07, 6.45) is -0.794. The van der Waals surface area contributed by atoms with Gasteiger partial charge >= 0.3 is 0 Å². The number of benzene rings is 1. The second-order valence-electron chi connectivity index (χ2n) is 2.42. The smallest absolute Gasteiger partial charge is 0.164 e. The lowest BCUT2D eigenvalue weighted by atomic mass is 10.3. The van der Waals surface area contributed by atoms with Crippen LogP contribution >= 0.6 is 11.6 Å². The summed E-state index contributed by atoms with van der Waals surface area (Å²) in [7, 11) is 0. The van der Waals surface area contributed by atoms with Crippen molar-refractivity contribution in [2.45, 2.75) is 13.2 Å². The molecule has 2 N–H and O–H groups in total. The van der Waals surface area contributed by atoms with Crippen LogP contribution in [0.2, 0.25) is 5.02 Å². The van der Waals surface area contributed by atoms with Crippen LogP contribution in [-0.4, -0.2) is 11.3 Å². The van der Waals surface area contributed by atoms with Crippen LogP contribution < -0.4 is 5.32 Å². The standard InChI is InChI=1S/C8H9ClFNO/c1-5(12)11-7-4-2-3-6(9)8(7)10/h2-5,11-12H,1H3. The number of aliphatic hydroxyl groups excluding tert-OH is 1. The Morgan fingerprint density at radius 3 is 2.83 bits per heavy atom. The Bertz CT molecular complexity index is 278. The zero-order valence-electron chi connectivity index (χ0n) is 6.51. The van der Waals surface area contributed by atoms with Gasteiger partial charge in [0.1, 0.15) is 6.23 Å². The number of hydrogen-bond donors (Lipinski definition) is 2. The summed E-state index contributed by atoms with van der Waals surface area (Å²) < 4.78 is 13.1. The summed E-state index contributed by atoms with van der Waals surface area (Å²) in [5.74, 6) is -0.542. The van der Waals surface area contributed by atoms with Crippen LogP contribution in [0.15, 0.2) is 18.2 Å². The van der Waals surface area contributed by atoms with Crippen LogP contribution in [0.5, 0.6) is 0 Å². The molecule has 0 aliphatic heterocycles. The Labute approximate surface area is 75.0 Å². The molecule has 0 saturated carbocycles. The highest BCUT2D eigenvalue weighted by atomic mass is 35.5. The minimum Gasteiger partial charge on any atom is -0.374 e. The molecule has 1 aromatic rings. The molecule has 0 fully saturated rings. The maximum atomic E-state index is 13.1. The van der Waals surface area contributed by atoms with E-state index in [1.165, 1.54) is 19.1 Å². The van der Waals surface area contributed by atoms with Crippen LogP contribution in [0.25, 0.3) is 0 Å². The van der Waals surface area contributed by atoms with Gasteiger partial charge in [-0.3, -0.25) is 0 Å². The van der Waals surface area contributed by atoms with Gasteiger partial charge in [0.2, 0.25) is 0 Å². The van der Waals surface area contributed by atoms with E-state index in [4.69, 9.17) is 16.7 Å². The molecule has 0 radical (unpaired) electrons. The molecule has 2 nitrogen and oxygen atoms in total. The van der Waals surface area contributed by atoms with E-state index in [1.54, 1.807) is 6.07 Å². The number of halogens is 2. The quantitative estimate of drug-likeness (QED) is 0.700. The summed E-state index contributed by atoms with van der Waals surface area (Å²) in [5, 5.41) is 11.5. The van der Waals surface area contributed by atoms with E-state index in [-0.39, 0.29) is 10.7 Å². The minimum atomic E-state index is -0.794. The monoisotopic (exact) mass is 189 g/mol. The molecule has 0 saturated heterocycles. The number of hydrogen-bond acceptors (Lipinski definition) is 2. The van der Waals surface area contributed by atoms with Crippen molar-refractivity contribution in [2.75, 3.05) is 5.32 Å². The molecule has 0 aliphatic rings. The molecule has 4 heteroatoms. The van der Waals surface area contributed by atoms with Crippen molar-refractivity contribution in [1.82, 2.24) is 0 Å². The van der Waals surface area contributed by atoms with Gasteiger partial charge in [0.25, 0.3) is 0 Å². The second-order valence-corrected chi connectivity index (χ2v) is 2.83. The zero-order valence-corrected chi connectivity index (χ0v) is 7.27. The minimum absolute atomic E-state index is 0.0423. The Kier molecular flexibility index (Phi) is 2.89. The van der Waals surface area contributed by atoms with Crippen molar-refractivity contribution in [2.24, 2.45) is 0 Å². The van der Waals surface area contributed by atoms with Gasteiger partial charge in [0.15, 0.2) is 5.82 Å². The van der Waals surface area contributed by atoms with Crippen molar-refractivity contribution in [3.05, 3.63) is 29.0 Å². The molecular formula is C8H9ClFNO. The Hall–Kier alpha value is -0.800. The van der Waals surface area contributed by atoms with E-state index < -0.39 is 12.0 Å². The fourth-order valence-corrected chi connectivity index (χ4v) is 1.01. The van der Waals surface area contributed by atoms with Gasteiger partial charge in [-0.1, -0.05) is 17.7 Å². The summed E-state index contributed by atoms with van der Waals surface area (Å²) in [6.45, 7) is 1.50. The normalized spacial score (nSPS) is 12.7. The van der Waals surface area contributed by atoms with E-state index in [9.17, 15) is 4.39 Å². The van der Waals surface area contributed by atoms with Crippen LogP contribution in [0.4, 0.5) is 10.1 Å². The predicted molar refractivity (Wildman–Crippen MR) is 46.7 cm³/mol. The van der Waals surface area contributed by atoms with Crippen molar-refractivity contribution >= 4 is 17.3 Å². The average molecular weight is 190 g/mol. The first-order chi connectivity index (χ1) is 5.61. The Morgan fingerprint density at radius 1 is 1.58 bits per heavy atom. The lowest BCUT2D eigenvalue weighted by Crippen LogP contribution is -2.14. The summed E-state index contributed by atoms with van der Waals surface area (Å²) >= 11 is 5.50. The zero-order chi connectivity index (χ0) is 9.14. The van der Waals surface area contributed by atoms with E-state index in [1.807, 2.05) is 0 Å². The first-order valence-corrected chi connectivity index (χ1v) is 3.87. The number of aliphatic hydroxyl groups is 1. The summed E-state index contributed by atoms with van der Waals surface area (Å²) in [5.41, 5.74) is 0.206. The molecule has 12 heavy (non-hydrogen) atoms. The van der Waals surface area contributed by atoms with E-state index >= 15 is 0 Å². The average Bonchev–Trinajstić information content (AvgIpc) is 1.98. The molecule has 66 valence electrons. The van der Waals surface area contributed by atoms with Gasteiger partial charge in [-0.25, -0.2) is 4.39 Å². The maximum absolute atomic E-state index is 13.1. The molecule has 0 heterocycles. The van der Waals surface area contributed by atoms with E-state index in [0.29, 0.717) is 0 Å². The molecule has 0 aromatic heterocycles. The third kappa shape index (κ3) is 2.09. The molecule has 0 aliphatic carbocycles. The topological polar surface area (TPSA) is 32.3 Å². The summed E-state index contributed by atoms with van der Waals surface area (Å²) in [4.78, 5) is 0. The molecule has 0 spiro atoms. The number of rotatable bonds is 2. The van der Waals surface area contributed by atoms with Gasteiger partial charge in [0, 0.05) is 0 Å². The van der Waals surface area contributed by atoms with Crippen molar-refractivity contribution in [3.8, 4) is 0 Å². The van der Waals surface area contributed by atoms with Crippen molar-refractivity contribution in [3.63, 3.8) is 0 Å². The third-order valence-corrected chi connectivity index (χ3v) is 1.61. The Morgan fingerprint density at radius 2 is 2.25 bits per heavy atom. The van der Waals surface area contributed by atoms with Crippen LogP contribution in [0, 0.1) is 5.82 Å². The first kappa shape index (κ1) is 9.29. The van der Waals surface area contributed by atoms with Crippen LogP contribution in [0.1, 0.15) is 6.92 Å². The lowest BCUT2D eigenvalue weighted by Gasteiger charge is -2.09. The SMILES string of the molecule is CC(O)Nc1cccc(Cl)c1F. The number of nitrogens with one attached hydrogen (secondary N) is 1. The van der Waals surface area contributed by atoms with Crippen LogP contribution in [0.3, 0.4) is 0 Å². The van der Waals surface area contributed by atoms with E-state index in [0.717, 1.165) is 0 Å². The molecular weight excluding hydrogens is 181 g/mol. The first-order valence-electron chi connectivity index (χ1n) is 3.50. The van der Waals surface area contributed by atoms with Gasteiger partial charge in [-0.05, 0) is 19.1 Å². The molecule has 1 rings (SSSR count). The molecule has 1 aromatic carbocycles. The lowest BCUT2D eigenvalue weighted by molar-refractivity contribution is 0.224.